The lowest BCUT2D eigenvalue weighted by atomic mass is 9.79. The Hall–Kier alpha value is -1.12. The van der Waals surface area contributed by atoms with Gasteiger partial charge in [-0.25, -0.2) is 0 Å². The first kappa shape index (κ1) is 21.6. The molecule has 0 spiro atoms. The van der Waals surface area contributed by atoms with Crippen molar-refractivity contribution in [2.75, 3.05) is 45.9 Å². The van der Waals surface area contributed by atoms with Gasteiger partial charge in [0.1, 0.15) is 18.5 Å². The smallest absolute Gasteiger partial charge is 0.491 e. The lowest BCUT2D eigenvalue weighted by Gasteiger charge is -2.34. The Kier molecular flexibility index (Phi) is 6.72. The van der Waals surface area contributed by atoms with Gasteiger partial charge in [-0.15, -0.1) is 0 Å². The number of aliphatic hydroxyl groups is 1. The molecule has 0 aromatic heterocycles. The van der Waals surface area contributed by atoms with Gasteiger partial charge in [-0.3, -0.25) is 4.90 Å². The van der Waals surface area contributed by atoms with Gasteiger partial charge in [0.25, 0.3) is 0 Å². The molecule has 1 atom stereocenters. The zero-order valence-electron chi connectivity index (χ0n) is 18.0. The highest BCUT2D eigenvalue weighted by Crippen LogP contribution is 2.36. The van der Waals surface area contributed by atoms with Crippen molar-refractivity contribution in [1.82, 2.24) is 9.80 Å². The van der Waals surface area contributed by atoms with E-state index in [1.165, 1.54) is 0 Å². The Morgan fingerprint density at radius 3 is 2.07 bits per heavy atom. The summed E-state index contributed by atoms with van der Waals surface area (Å²) in [5, 5.41) is 10.3. The number of piperazine rings is 1. The average Bonchev–Trinajstić information content (AvgIpc) is 2.88. The van der Waals surface area contributed by atoms with Gasteiger partial charge in [-0.2, -0.15) is 0 Å². The zero-order chi connectivity index (χ0) is 20.4. The van der Waals surface area contributed by atoms with Crippen molar-refractivity contribution >= 4 is 12.6 Å². The number of β-amino-alcohol motifs (C(OH)–C–C–N with tert-alkyl or cyclic N) is 1. The maximum atomic E-state index is 10.3. The van der Waals surface area contributed by atoms with E-state index in [4.69, 9.17) is 14.0 Å². The molecule has 0 saturated carbocycles. The topological polar surface area (TPSA) is 54.4 Å². The Bertz CT molecular complexity index is 614. The summed E-state index contributed by atoms with van der Waals surface area (Å²) in [5.41, 5.74) is 0.277. The summed E-state index contributed by atoms with van der Waals surface area (Å²) < 4.78 is 17.9. The first-order valence-corrected chi connectivity index (χ1v) is 10.4. The lowest BCUT2D eigenvalue weighted by molar-refractivity contribution is 0.00578. The van der Waals surface area contributed by atoms with Crippen LogP contribution in [0.1, 0.15) is 34.6 Å². The SMILES string of the molecule is CCN1CCN(CC(O)COc2ccc(B3OC(C)(C)C(C)(C)O3)cc2)CC1. The van der Waals surface area contributed by atoms with Gasteiger partial charge in [0.15, 0.2) is 0 Å². The number of ether oxygens (including phenoxy) is 1. The number of rotatable bonds is 7. The van der Waals surface area contributed by atoms with E-state index in [-0.39, 0.29) is 18.3 Å². The highest BCUT2D eigenvalue weighted by Gasteiger charge is 2.51. The Morgan fingerprint density at radius 2 is 1.54 bits per heavy atom. The van der Waals surface area contributed by atoms with Crippen LogP contribution >= 0.6 is 0 Å². The van der Waals surface area contributed by atoms with Crippen LogP contribution in [-0.2, 0) is 9.31 Å². The molecule has 2 saturated heterocycles. The summed E-state index contributed by atoms with van der Waals surface area (Å²) in [6.07, 6.45) is -0.490. The van der Waals surface area contributed by atoms with E-state index in [1.54, 1.807) is 0 Å². The van der Waals surface area contributed by atoms with Crippen molar-refractivity contribution in [2.45, 2.75) is 51.9 Å². The van der Waals surface area contributed by atoms with Crippen molar-refractivity contribution in [1.29, 1.82) is 0 Å². The molecule has 156 valence electrons. The maximum Gasteiger partial charge on any atom is 0.494 e. The molecule has 1 aromatic carbocycles. The molecule has 6 nitrogen and oxygen atoms in total. The van der Waals surface area contributed by atoms with E-state index in [1.807, 2.05) is 52.0 Å². The monoisotopic (exact) mass is 390 g/mol. The molecule has 7 heteroatoms. The normalized spacial score (nSPS) is 23.7. The fourth-order valence-corrected chi connectivity index (χ4v) is 3.53. The number of hydrogen-bond acceptors (Lipinski definition) is 6. The van der Waals surface area contributed by atoms with E-state index in [9.17, 15) is 5.11 Å². The molecule has 1 unspecified atom stereocenters. The van der Waals surface area contributed by atoms with Crippen molar-refractivity contribution in [3.8, 4) is 5.75 Å². The quantitative estimate of drug-likeness (QED) is 0.710. The number of hydrogen-bond donors (Lipinski definition) is 1. The second-order valence-electron chi connectivity index (χ2n) is 8.86. The maximum absolute atomic E-state index is 10.3. The molecule has 0 radical (unpaired) electrons. The van der Waals surface area contributed by atoms with Crippen LogP contribution in [0.2, 0.25) is 0 Å². The molecular weight excluding hydrogens is 355 g/mol. The number of likely N-dealkylation sites (N-methyl/N-ethyl adjacent to an activating group) is 1. The van der Waals surface area contributed by atoms with Gasteiger partial charge in [0.05, 0.1) is 11.2 Å². The van der Waals surface area contributed by atoms with E-state index in [0.29, 0.717) is 13.2 Å². The third-order valence-corrected chi connectivity index (χ3v) is 6.23. The minimum Gasteiger partial charge on any atom is -0.491 e. The van der Waals surface area contributed by atoms with Crippen LogP contribution in [0.25, 0.3) is 0 Å². The fraction of sp³-hybridized carbons (Fsp3) is 0.714. The van der Waals surface area contributed by atoms with Crippen molar-refractivity contribution in [3.05, 3.63) is 24.3 Å². The number of aliphatic hydroxyl groups excluding tert-OH is 1. The molecular formula is C21H35BN2O4. The Balaban J connectivity index is 1.45. The van der Waals surface area contributed by atoms with E-state index in [0.717, 1.165) is 43.9 Å². The van der Waals surface area contributed by atoms with Gasteiger partial charge in [0.2, 0.25) is 0 Å². The number of nitrogens with zero attached hydrogens (tertiary/aromatic N) is 2. The van der Waals surface area contributed by atoms with Crippen LogP contribution in [0.5, 0.6) is 5.75 Å². The molecule has 2 fully saturated rings. The third kappa shape index (κ3) is 5.08. The Morgan fingerprint density at radius 1 is 1.00 bits per heavy atom. The van der Waals surface area contributed by atoms with Crippen molar-refractivity contribution in [2.24, 2.45) is 0 Å². The molecule has 3 rings (SSSR count). The van der Waals surface area contributed by atoms with E-state index < -0.39 is 6.10 Å². The molecule has 2 heterocycles. The van der Waals surface area contributed by atoms with Crippen LogP contribution in [0.4, 0.5) is 0 Å². The van der Waals surface area contributed by atoms with Crippen LogP contribution < -0.4 is 10.2 Å². The van der Waals surface area contributed by atoms with Crippen molar-refractivity contribution < 1.29 is 19.2 Å². The highest BCUT2D eigenvalue weighted by atomic mass is 16.7. The van der Waals surface area contributed by atoms with Crippen molar-refractivity contribution in [3.63, 3.8) is 0 Å². The molecule has 0 amide bonds. The largest absolute Gasteiger partial charge is 0.494 e. The van der Waals surface area contributed by atoms with Crippen LogP contribution in [-0.4, -0.2) is 85.2 Å². The fourth-order valence-electron chi connectivity index (χ4n) is 3.53. The standard InChI is InChI=1S/C21H35BN2O4/c1-6-23-11-13-24(14-12-23)15-18(25)16-26-19-9-7-17(8-10-19)22-27-20(2,3)21(4,5)28-22/h7-10,18,25H,6,11-16H2,1-5H3. The molecule has 1 N–H and O–H groups in total. The summed E-state index contributed by atoms with van der Waals surface area (Å²) in [4.78, 5) is 4.74. The van der Waals surface area contributed by atoms with Gasteiger partial charge >= 0.3 is 7.12 Å². The highest BCUT2D eigenvalue weighted by molar-refractivity contribution is 6.62. The molecule has 0 aliphatic carbocycles. The summed E-state index contributed by atoms with van der Waals surface area (Å²) in [6, 6.07) is 7.75. The molecule has 2 aliphatic heterocycles. The third-order valence-electron chi connectivity index (χ3n) is 6.23. The predicted molar refractivity (Wildman–Crippen MR) is 112 cm³/mol. The first-order chi connectivity index (χ1) is 13.2. The average molecular weight is 390 g/mol. The van der Waals surface area contributed by atoms with Crippen LogP contribution in [0, 0.1) is 0 Å². The van der Waals surface area contributed by atoms with E-state index >= 15 is 0 Å². The predicted octanol–water partition coefficient (Wildman–Crippen LogP) is 1.36. The lowest BCUT2D eigenvalue weighted by Crippen LogP contribution is -2.49. The summed E-state index contributed by atoms with van der Waals surface area (Å²) >= 11 is 0. The second-order valence-corrected chi connectivity index (χ2v) is 8.86. The summed E-state index contributed by atoms with van der Waals surface area (Å²) in [5.74, 6) is 0.745. The van der Waals surface area contributed by atoms with Crippen LogP contribution in [0.15, 0.2) is 24.3 Å². The molecule has 28 heavy (non-hydrogen) atoms. The van der Waals surface area contributed by atoms with E-state index in [2.05, 4.69) is 16.7 Å². The summed E-state index contributed by atoms with van der Waals surface area (Å²) in [7, 11) is -0.369. The first-order valence-electron chi connectivity index (χ1n) is 10.4. The van der Waals surface area contributed by atoms with Crippen LogP contribution in [0.3, 0.4) is 0 Å². The van der Waals surface area contributed by atoms with Gasteiger partial charge in [-0.05, 0) is 51.8 Å². The number of benzene rings is 1. The zero-order valence-corrected chi connectivity index (χ0v) is 18.0. The van der Waals surface area contributed by atoms with Gasteiger partial charge in [-0.1, -0.05) is 19.1 Å². The molecule has 0 bridgehead atoms. The molecule has 2 aliphatic rings. The minimum absolute atomic E-state index is 0.295. The second kappa shape index (κ2) is 8.72. The Labute approximate surface area is 169 Å². The minimum atomic E-state index is -0.490. The van der Waals surface area contributed by atoms with Gasteiger partial charge in [0, 0.05) is 32.7 Å². The summed E-state index contributed by atoms with van der Waals surface area (Å²) in [6.45, 7) is 16.6. The molecule has 1 aromatic rings. The van der Waals surface area contributed by atoms with Gasteiger partial charge < -0.3 is 24.1 Å².